The normalized spacial score (nSPS) is 18.8. The summed E-state index contributed by atoms with van der Waals surface area (Å²) in [6, 6.07) is 12.6. The number of halogens is 1. The third-order valence-electron chi connectivity index (χ3n) is 5.40. The largest absolute Gasteiger partial charge is 0.492 e. The molecule has 28 heavy (non-hydrogen) atoms. The quantitative estimate of drug-likeness (QED) is 0.810. The molecule has 0 aromatic heterocycles. The molecule has 2 aliphatic rings. The fraction of sp³-hybridized carbons (Fsp3) is 0.364. The van der Waals surface area contributed by atoms with Crippen molar-refractivity contribution in [3.8, 4) is 5.75 Å². The van der Waals surface area contributed by atoms with E-state index in [9.17, 15) is 9.59 Å². The van der Waals surface area contributed by atoms with Crippen molar-refractivity contribution in [3.63, 3.8) is 0 Å². The molecule has 1 saturated carbocycles. The maximum Gasteiger partial charge on any atom is 0.255 e. The highest BCUT2D eigenvalue weighted by molar-refractivity contribution is 6.30. The Morgan fingerprint density at radius 3 is 2.54 bits per heavy atom. The van der Waals surface area contributed by atoms with Gasteiger partial charge in [-0.25, -0.2) is 0 Å². The molecule has 1 heterocycles. The molecule has 2 amide bonds. The molecule has 146 valence electrons. The second kappa shape index (κ2) is 8.23. The number of fused-ring (bicyclic) bond motifs is 1. The number of hydrogen-bond donors (Lipinski definition) is 2. The van der Waals surface area contributed by atoms with Crippen LogP contribution in [0, 0.1) is 5.92 Å². The van der Waals surface area contributed by atoms with Crippen LogP contribution in [0.3, 0.4) is 0 Å². The minimum atomic E-state index is -0.205. The molecule has 0 bridgehead atoms. The molecule has 0 radical (unpaired) electrons. The van der Waals surface area contributed by atoms with Crippen molar-refractivity contribution in [2.75, 3.05) is 11.9 Å². The Kier molecular flexibility index (Phi) is 5.53. The second-order valence-electron chi connectivity index (χ2n) is 7.49. The van der Waals surface area contributed by atoms with Gasteiger partial charge in [-0.1, -0.05) is 24.4 Å². The summed E-state index contributed by atoms with van der Waals surface area (Å²) < 4.78 is 5.79. The van der Waals surface area contributed by atoms with Gasteiger partial charge in [-0.3, -0.25) is 9.59 Å². The van der Waals surface area contributed by atoms with Crippen molar-refractivity contribution in [2.45, 2.75) is 38.1 Å². The van der Waals surface area contributed by atoms with Gasteiger partial charge in [0.05, 0.1) is 5.92 Å². The van der Waals surface area contributed by atoms with E-state index in [2.05, 4.69) is 10.6 Å². The highest BCUT2D eigenvalue weighted by Gasteiger charge is 2.28. The molecule has 0 unspecified atom stereocenters. The SMILES string of the molecule is O=C(Nc1ccc2c(c1)C[C@H](C(=O)NC1CCCC1)CO2)c1ccc(Cl)cc1. The Labute approximate surface area is 169 Å². The van der Waals surface area contributed by atoms with Crippen LogP contribution in [0.4, 0.5) is 5.69 Å². The topological polar surface area (TPSA) is 67.4 Å². The Balaban J connectivity index is 1.42. The lowest BCUT2D eigenvalue weighted by molar-refractivity contribution is -0.127. The molecule has 2 N–H and O–H groups in total. The molecule has 5 nitrogen and oxygen atoms in total. The molecule has 6 heteroatoms. The molecule has 0 spiro atoms. The first-order valence-corrected chi connectivity index (χ1v) is 10.1. The maximum absolute atomic E-state index is 12.6. The first-order valence-electron chi connectivity index (χ1n) is 9.71. The lowest BCUT2D eigenvalue weighted by atomic mass is 9.95. The van der Waals surface area contributed by atoms with Crippen molar-refractivity contribution in [3.05, 3.63) is 58.6 Å². The number of nitrogens with one attached hydrogen (secondary N) is 2. The van der Waals surface area contributed by atoms with Gasteiger partial charge in [0, 0.05) is 22.3 Å². The average molecular weight is 399 g/mol. The zero-order valence-electron chi connectivity index (χ0n) is 15.5. The van der Waals surface area contributed by atoms with Crippen LogP contribution in [-0.2, 0) is 11.2 Å². The van der Waals surface area contributed by atoms with Crippen molar-refractivity contribution < 1.29 is 14.3 Å². The van der Waals surface area contributed by atoms with E-state index in [0.29, 0.717) is 35.3 Å². The van der Waals surface area contributed by atoms with E-state index in [-0.39, 0.29) is 17.7 Å². The molecule has 1 fully saturated rings. The number of rotatable bonds is 4. The summed E-state index contributed by atoms with van der Waals surface area (Å²) in [6.45, 7) is 0.391. The molecule has 4 rings (SSSR count). The van der Waals surface area contributed by atoms with Crippen molar-refractivity contribution in [1.29, 1.82) is 0 Å². The fourth-order valence-corrected chi connectivity index (χ4v) is 3.96. The molecule has 0 saturated heterocycles. The van der Waals surface area contributed by atoms with Gasteiger partial charge in [0.2, 0.25) is 5.91 Å². The minimum absolute atomic E-state index is 0.0631. The summed E-state index contributed by atoms with van der Waals surface area (Å²) in [5.74, 6) is 0.432. The van der Waals surface area contributed by atoms with E-state index in [1.165, 1.54) is 12.8 Å². The van der Waals surface area contributed by atoms with Crippen LogP contribution >= 0.6 is 11.6 Å². The zero-order valence-corrected chi connectivity index (χ0v) is 16.3. The number of hydrogen-bond acceptors (Lipinski definition) is 3. The smallest absolute Gasteiger partial charge is 0.255 e. The Morgan fingerprint density at radius 1 is 1.04 bits per heavy atom. The lowest BCUT2D eigenvalue weighted by Crippen LogP contribution is -2.41. The number of carbonyl (C=O) groups is 2. The Bertz CT molecular complexity index is 876. The highest BCUT2D eigenvalue weighted by Crippen LogP contribution is 2.30. The Morgan fingerprint density at radius 2 is 1.79 bits per heavy atom. The fourth-order valence-electron chi connectivity index (χ4n) is 3.83. The van der Waals surface area contributed by atoms with Gasteiger partial charge in [0.25, 0.3) is 5.91 Å². The number of amides is 2. The van der Waals surface area contributed by atoms with Gasteiger partial charge in [-0.2, -0.15) is 0 Å². The average Bonchev–Trinajstić information content (AvgIpc) is 3.21. The summed E-state index contributed by atoms with van der Waals surface area (Å²) >= 11 is 5.87. The van der Waals surface area contributed by atoms with E-state index in [1.807, 2.05) is 18.2 Å². The minimum Gasteiger partial charge on any atom is -0.492 e. The maximum atomic E-state index is 12.6. The third-order valence-corrected chi connectivity index (χ3v) is 5.66. The van der Waals surface area contributed by atoms with Gasteiger partial charge in [0.1, 0.15) is 12.4 Å². The molecule has 1 atom stereocenters. The molecular weight excluding hydrogens is 376 g/mol. The van der Waals surface area contributed by atoms with Crippen LogP contribution in [0.2, 0.25) is 5.02 Å². The highest BCUT2D eigenvalue weighted by atomic mass is 35.5. The van der Waals surface area contributed by atoms with Crippen molar-refractivity contribution >= 4 is 29.1 Å². The molecule has 2 aromatic rings. The van der Waals surface area contributed by atoms with Crippen molar-refractivity contribution in [2.24, 2.45) is 5.92 Å². The summed E-state index contributed by atoms with van der Waals surface area (Å²) in [7, 11) is 0. The Hall–Kier alpha value is -2.53. The van der Waals surface area contributed by atoms with Gasteiger partial charge >= 0.3 is 0 Å². The van der Waals surface area contributed by atoms with Gasteiger partial charge < -0.3 is 15.4 Å². The van der Waals surface area contributed by atoms with Crippen LogP contribution in [0.15, 0.2) is 42.5 Å². The van der Waals surface area contributed by atoms with Crippen LogP contribution < -0.4 is 15.4 Å². The van der Waals surface area contributed by atoms with Crippen LogP contribution in [0.25, 0.3) is 0 Å². The summed E-state index contributed by atoms with van der Waals surface area (Å²) in [5.41, 5.74) is 2.15. The first-order chi connectivity index (χ1) is 13.6. The second-order valence-corrected chi connectivity index (χ2v) is 7.92. The lowest BCUT2D eigenvalue weighted by Gasteiger charge is -2.26. The summed E-state index contributed by atoms with van der Waals surface area (Å²) in [5, 5.41) is 6.63. The summed E-state index contributed by atoms with van der Waals surface area (Å²) in [6.07, 6.45) is 5.11. The van der Waals surface area contributed by atoms with E-state index in [0.717, 1.165) is 24.2 Å². The van der Waals surface area contributed by atoms with Gasteiger partial charge in [-0.05, 0) is 67.3 Å². The standard InChI is InChI=1S/C22H23ClN2O3/c23-17-7-5-14(6-8-17)21(26)25-19-9-10-20-15(12-19)11-16(13-28-20)22(27)24-18-3-1-2-4-18/h5-10,12,16,18H,1-4,11,13H2,(H,24,27)(H,25,26)/t16-/m0/s1. The van der Waals surface area contributed by atoms with E-state index < -0.39 is 0 Å². The monoisotopic (exact) mass is 398 g/mol. The van der Waals surface area contributed by atoms with Crippen molar-refractivity contribution in [1.82, 2.24) is 5.32 Å². The van der Waals surface area contributed by atoms with E-state index in [1.54, 1.807) is 24.3 Å². The van der Waals surface area contributed by atoms with Crippen LogP contribution in [0.1, 0.15) is 41.6 Å². The molecule has 2 aromatic carbocycles. The number of carbonyl (C=O) groups excluding carboxylic acids is 2. The van der Waals surface area contributed by atoms with E-state index >= 15 is 0 Å². The number of benzene rings is 2. The number of anilines is 1. The van der Waals surface area contributed by atoms with Crippen LogP contribution in [-0.4, -0.2) is 24.5 Å². The third kappa shape index (κ3) is 4.30. The predicted molar refractivity (Wildman–Crippen MR) is 109 cm³/mol. The van der Waals surface area contributed by atoms with Gasteiger partial charge in [0.15, 0.2) is 0 Å². The van der Waals surface area contributed by atoms with Crippen LogP contribution in [0.5, 0.6) is 5.75 Å². The van der Waals surface area contributed by atoms with E-state index in [4.69, 9.17) is 16.3 Å². The van der Waals surface area contributed by atoms with Gasteiger partial charge in [-0.15, -0.1) is 0 Å². The number of ether oxygens (including phenoxy) is 1. The molecular formula is C22H23ClN2O3. The molecule has 1 aliphatic heterocycles. The molecule has 1 aliphatic carbocycles. The summed E-state index contributed by atoms with van der Waals surface area (Å²) in [4.78, 5) is 25.0. The first kappa shape index (κ1) is 18.8. The predicted octanol–water partition coefficient (Wildman–Crippen LogP) is 4.20. The zero-order chi connectivity index (χ0) is 19.5.